The number of nitrogens with one attached hydrogen (secondary N) is 1. The summed E-state index contributed by atoms with van der Waals surface area (Å²) in [6.07, 6.45) is 5.48. The SMILES string of the molecule is C#CC(C)(C)Nc1nc2ccccc2cc1C. The van der Waals surface area contributed by atoms with Crippen LogP contribution in [-0.2, 0) is 0 Å². The van der Waals surface area contributed by atoms with Gasteiger partial charge in [0.15, 0.2) is 0 Å². The van der Waals surface area contributed by atoms with Crippen LogP contribution < -0.4 is 5.32 Å². The highest BCUT2D eigenvalue weighted by molar-refractivity contribution is 5.81. The molecule has 1 N–H and O–H groups in total. The Morgan fingerprint density at radius 1 is 1.29 bits per heavy atom. The van der Waals surface area contributed by atoms with Gasteiger partial charge in [-0.15, -0.1) is 6.42 Å². The Bertz CT molecular complexity index is 591. The molecule has 0 amide bonds. The van der Waals surface area contributed by atoms with E-state index in [9.17, 15) is 0 Å². The Morgan fingerprint density at radius 2 is 2.00 bits per heavy atom. The van der Waals surface area contributed by atoms with Crippen molar-refractivity contribution in [2.24, 2.45) is 0 Å². The number of fused-ring (bicyclic) bond motifs is 1. The molecule has 1 aromatic carbocycles. The quantitative estimate of drug-likeness (QED) is 0.791. The van der Waals surface area contributed by atoms with Gasteiger partial charge in [-0.05, 0) is 38.5 Å². The lowest BCUT2D eigenvalue weighted by atomic mass is 10.1. The van der Waals surface area contributed by atoms with Gasteiger partial charge in [0.25, 0.3) is 0 Å². The predicted octanol–water partition coefficient (Wildman–Crippen LogP) is 3.37. The van der Waals surface area contributed by atoms with Crippen molar-refractivity contribution in [3.05, 3.63) is 35.9 Å². The standard InChI is InChI=1S/C15H16N2/c1-5-15(3,4)17-14-11(2)10-12-8-6-7-9-13(12)16-14/h1,6-10H,2-4H3,(H,16,17). The minimum Gasteiger partial charge on any atom is -0.354 e. The summed E-state index contributed by atoms with van der Waals surface area (Å²) in [5.41, 5.74) is 1.70. The summed E-state index contributed by atoms with van der Waals surface area (Å²) < 4.78 is 0. The third-order valence-electron chi connectivity index (χ3n) is 2.71. The highest BCUT2D eigenvalue weighted by atomic mass is 15.0. The molecule has 2 rings (SSSR count). The van der Waals surface area contributed by atoms with Crippen LogP contribution in [0.25, 0.3) is 10.9 Å². The lowest BCUT2D eigenvalue weighted by Gasteiger charge is -2.21. The minimum atomic E-state index is -0.389. The molecule has 86 valence electrons. The molecule has 1 heterocycles. The predicted molar refractivity (Wildman–Crippen MR) is 73.0 cm³/mol. The summed E-state index contributed by atoms with van der Waals surface area (Å²) >= 11 is 0. The van der Waals surface area contributed by atoms with Gasteiger partial charge >= 0.3 is 0 Å². The molecule has 1 aromatic heterocycles. The average Bonchev–Trinajstić information content (AvgIpc) is 2.30. The fourth-order valence-electron chi connectivity index (χ4n) is 1.68. The molecule has 0 aliphatic rings. The van der Waals surface area contributed by atoms with E-state index >= 15 is 0 Å². The Hall–Kier alpha value is -2.01. The number of terminal acetylenes is 1. The topological polar surface area (TPSA) is 24.9 Å². The number of pyridine rings is 1. The summed E-state index contributed by atoms with van der Waals surface area (Å²) in [4.78, 5) is 4.60. The molecular weight excluding hydrogens is 208 g/mol. The first kappa shape index (κ1) is 11.5. The molecule has 2 heteroatoms. The van der Waals surface area contributed by atoms with Crippen LogP contribution in [0.3, 0.4) is 0 Å². The first-order valence-electron chi connectivity index (χ1n) is 5.64. The zero-order chi connectivity index (χ0) is 12.5. The highest BCUT2D eigenvalue weighted by Crippen LogP contribution is 2.22. The maximum absolute atomic E-state index is 5.48. The van der Waals surface area contributed by atoms with Gasteiger partial charge in [-0.25, -0.2) is 4.98 Å². The summed E-state index contributed by atoms with van der Waals surface area (Å²) in [6, 6.07) is 10.2. The Labute approximate surface area is 102 Å². The van der Waals surface area contributed by atoms with Gasteiger partial charge < -0.3 is 5.32 Å². The highest BCUT2D eigenvalue weighted by Gasteiger charge is 2.15. The van der Waals surface area contributed by atoms with E-state index in [-0.39, 0.29) is 5.54 Å². The number of para-hydroxylation sites is 1. The van der Waals surface area contributed by atoms with E-state index in [0.717, 1.165) is 22.3 Å². The molecule has 0 saturated carbocycles. The number of aromatic nitrogens is 1. The molecule has 0 radical (unpaired) electrons. The lowest BCUT2D eigenvalue weighted by Crippen LogP contribution is -2.29. The van der Waals surface area contributed by atoms with E-state index < -0.39 is 0 Å². The van der Waals surface area contributed by atoms with E-state index in [1.807, 2.05) is 39.0 Å². The molecular formula is C15H16N2. The Kier molecular flexibility index (Phi) is 2.77. The van der Waals surface area contributed by atoms with Crippen molar-refractivity contribution in [1.29, 1.82) is 0 Å². The number of rotatable bonds is 2. The molecule has 2 aromatic rings. The Morgan fingerprint density at radius 3 is 2.71 bits per heavy atom. The maximum atomic E-state index is 5.48. The van der Waals surface area contributed by atoms with E-state index in [4.69, 9.17) is 6.42 Å². The van der Waals surface area contributed by atoms with Crippen LogP contribution in [0.4, 0.5) is 5.82 Å². The van der Waals surface area contributed by atoms with Gasteiger partial charge in [-0.3, -0.25) is 0 Å². The minimum absolute atomic E-state index is 0.389. The maximum Gasteiger partial charge on any atom is 0.130 e. The van der Waals surface area contributed by atoms with Crippen LogP contribution in [0, 0.1) is 19.3 Å². The van der Waals surface area contributed by atoms with Crippen molar-refractivity contribution < 1.29 is 0 Å². The molecule has 0 fully saturated rings. The molecule has 0 spiro atoms. The van der Waals surface area contributed by atoms with Gasteiger partial charge in [0.1, 0.15) is 5.82 Å². The van der Waals surface area contributed by atoms with Crippen molar-refractivity contribution in [3.8, 4) is 12.3 Å². The molecule has 0 bridgehead atoms. The van der Waals surface area contributed by atoms with Crippen LogP contribution in [0.2, 0.25) is 0 Å². The monoisotopic (exact) mass is 224 g/mol. The molecule has 2 nitrogen and oxygen atoms in total. The number of nitrogens with zero attached hydrogens (tertiary/aromatic N) is 1. The molecule has 17 heavy (non-hydrogen) atoms. The summed E-state index contributed by atoms with van der Waals surface area (Å²) in [5.74, 6) is 3.57. The van der Waals surface area contributed by atoms with Crippen molar-refractivity contribution in [2.75, 3.05) is 5.32 Å². The number of hydrogen-bond donors (Lipinski definition) is 1. The van der Waals surface area contributed by atoms with Crippen LogP contribution in [0.1, 0.15) is 19.4 Å². The van der Waals surface area contributed by atoms with Crippen LogP contribution in [0.15, 0.2) is 30.3 Å². The molecule has 0 aliphatic carbocycles. The van der Waals surface area contributed by atoms with Gasteiger partial charge in [0.2, 0.25) is 0 Å². The normalized spacial score (nSPS) is 11.2. The van der Waals surface area contributed by atoms with Crippen molar-refractivity contribution in [3.63, 3.8) is 0 Å². The first-order chi connectivity index (χ1) is 8.02. The van der Waals surface area contributed by atoms with Crippen LogP contribution in [0.5, 0.6) is 0 Å². The average molecular weight is 224 g/mol. The summed E-state index contributed by atoms with van der Waals surface area (Å²) in [5, 5.41) is 4.43. The summed E-state index contributed by atoms with van der Waals surface area (Å²) in [7, 11) is 0. The van der Waals surface area contributed by atoms with Gasteiger partial charge in [0, 0.05) is 5.39 Å². The second kappa shape index (κ2) is 4.10. The smallest absolute Gasteiger partial charge is 0.130 e. The fourth-order valence-corrected chi connectivity index (χ4v) is 1.68. The molecule has 0 aliphatic heterocycles. The third-order valence-corrected chi connectivity index (χ3v) is 2.71. The van der Waals surface area contributed by atoms with E-state index in [2.05, 4.69) is 28.4 Å². The molecule has 0 unspecified atom stereocenters. The van der Waals surface area contributed by atoms with E-state index in [1.165, 1.54) is 0 Å². The van der Waals surface area contributed by atoms with Gasteiger partial charge in [-0.1, -0.05) is 24.1 Å². The number of hydrogen-bond acceptors (Lipinski definition) is 2. The van der Waals surface area contributed by atoms with Gasteiger partial charge in [-0.2, -0.15) is 0 Å². The molecule has 0 saturated heterocycles. The van der Waals surface area contributed by atoms with Crippen molar-refractivity contribution >= 4 is 16.7 Å². The Balaban J connectivity index is 2.49. The van der Waals surface area contributed by atoms with Crippen LogP contribution in [-0.4, -0.2) is 10.5 Å². The number of aryl methyl sites for hydroxylation is 1. The molecule has 0 atom stereocenters. The number of anilines is 1. The zero-order valence-corrected chi connectivity index (χ0v) is 10.4. The first-order valence-corrected chi connectivity index (χ1v) is 5.64. The zero-order valence-electron chi connectivity index (χ0n) is 10.4. The lowest BCUT2D eigenvalue weighted by molar-refractivity contribution is 0.735. The van der Waals surface area contributed by atoms with Crippen molar-refractivity contribution in [2.45, 2.75) is 26.3 Å². The van der Waals surface area contributed by atoms with Gasteiger partial charge in [0.05, 0.1) is 11.1 Å². The second-order valence-corrected chi connectivity index (χ2v) is 4.74. The second-order valence-electron chi connectivity index (χ2n) is 4.74. The van der Waals surface area contributed by atoms with E-state index in [1.54, 1.807) is 0 Å². The van der Waals surface area contributed by atoms with Crippen LogP contribution >= 0.6 is 0 Å². The van der Waals surface area contributed by atoms with E-state index in [0.29, 0.717) is 0 Å². The largest absolute Gasteiger partial charge is 0.354 e. The number of benzene rings is 1. The fraction of sp³-hybridized carbons (Fsp3) is 0.267. The van der Waals surface area contributed by atoms with Crippen molar-refractivity contribution in [1.82, 2.24) is 4.98 Å². The summed E-state index contributed by atoms with van der Waals surface area (Å²) in [6.45, 7) is 5.96. The third kappa shape index (κ3) is 2.39.